The van der Waals surface area contributed by atoms with E-state index >= 15 is 0 Å². The van der Waals surface area contributed by atoms with Gasteiger partial charge in [-0.2, -0.15) is 0 Å². The largest absolute Gasteiger partial charge is 0.465 e. The van der Waals surface area contributed by atoms with E-state index in [1.54, 1.807) is 19.1 Å². The molecule has 1 rings (SSSR count). The maximum absolute atomic E-state index is 12.5. The topological polar surface area (TPSA) is 60.4 Å². The van der Waals surface area contributed by atoms with Crippen LogP contribution >= 0.6 is 0 Å². The second-order valence-corrected chi connectivity index (χ2v) is 6.52. The fraction of sp³-hybridized carbons (Fsp3) is 0.500. The summed E-state index contributed by atoms with van der Waals surface area (Å²) in [4.78, 5) is 12.0. The van der Waals surface area contributed by atoms with Gasteiger partial charge in [0.15, 0.2) is 15.1 Å². The molecule has 0 heterocycles. The molecule has 0 saturated heterocycles. The SMILES string of the molecule is CCCC(C(=O)OCC)S(=O)(=O)c1cccc(C)c1. The van der Waals surface area contributed by atoms with Gasteiger partial charge in [0, 0.05) is 0 Å². The van der Waals surface area contributed by atoms with Crippen LogP contribution in [0.1, 0.15) is 32.3 Å². The van der Waals surface area contributed by atoms with E-state index in [1.165, 1.54) is 6.07 Å². The van der Waals surface area contributed by atoms with Crippen LogP contribution in [0.2, 0.25) is 0 Å². The fourth-order valence-electron chi connectivity index (χ4n) is 1.85. The van der Waals surface area contributed by atoms with Gasteiger partial charge in [0.05, 0.1) is 11.5 Å². The van der Waals surface area contributed by atoms with Crippen molar-refractivity contribution in [2.24, 2.45) is 0 Å². The Labute approximate surface area is 114 Å². The molecule has 1 aromatic carbocycles. The molecule has 0 radical (unpaired) electrons. The van der Waals surface area contributed by atoms with Gasteiger partial charge in [0.25, 0.3) is 0 Å². The molecule has 106 valence electrons. The number of benzene rings is 1. The Morgan fingerprint density at radius 1 is 1.32 bits per heavy atom. The van der Waals surface area contributed by atoms with Crippen LogP contribution in [-0.4, -0.2) is 26.2 Å². The Kier molecular flexibility index (Phi) is 5.54. The molecule has 5 heteroatoms. The molecule has 0 aliphatic heterocycles. The maximum Gasteiger partial charge on any atom is 0.324 e. The van der Waals surface area contributed by atoms with Crippen molar-refractivity contribution in [3.8, 4) is 0 Å². The lowest BCUT2D eigenvalue weighted by Crippen LogP contribution is -2.32. The summed E-state index contributed by atoms with van der Waals surface area (Å²) in [5, 5.41) is -1.11. The van der Waals surface area contributed by atoms with E-state index in [4.69, 9.17) is 4.74 Å². The van der Waals surface area contributed by atoms with Crippen LogP contribution in [0, 0.1) is 6.92 Å². The highest BCUT2D eigenvalue weighted by atomic mass is 32.2. The van der Waals surface area contributed by atoms with Crippen molar-refractivity contribution in [1.82, 2.24) is 0 Å². The first-order chi connectivity index (χ1) is 8.93. The quantitative estimate of drug-likeness (QED) is 0.753. The molecule has 4 nitrogen and oxygen atoms in total. The van der Waals surface area contributed by atoms with Crippen molar-refractivity contribution in [2.45, 2.75) is 43.8 Å². The number of hydrogen-bond acceptors (Lipinski definition) is 4. The number of esters is 1. The zero-order valence-corrected chi connectivity index (χ0v) is 12.4. The summed E-state index contributed by atoms with van der Waals surface area (Å²) in [7, 11) is -3.68. The van der Waals surface area contributed by atoms with Crippen LogP contribution in [0.3, 0.4) is 0 Å². The predicted molar refractivity (Wildman–Crippen MR) is 73.7 cm³/mol. The first kappa shape index (κ1) is 15.7. The minimum absolute atomic E-state index is 0.180. The Bertz CT molecular complexity index is 534. The monoisotopic (exact) mass is 284 g/mol. The molecule has 0 spiro atoms. The third kappa shape index (κ3) is 3.80. The number of ether oxygens (including phenoxy) is 1. The molecule has 0 amide bonds. The molecule has 0 saturated carbocycles. The third-order valence-electron chi connectivity index (χ3n) is 2.79. The molecule has 1 aromatic rings. The highest BCUT2D eigenvalue weighted by Crippen LogP contribution is 2.21. The highest BCUT2D eigenvalue weighted by Gasteiger charge is 2.34. The standard InChI is InChI=1S/C14H20O4S/c1-4-7-13(14(15)18-5-2)19(16,17)12-9-6-8-11(3)10-12/h6,8-10,13H,4-5,7H2,1-3H3. The summed E-state index contributed by atoms with van der Waals surface area (Å²) >= 11 is 0. The molecular weight excluding hydrogens is 264 g/mol. The summed E-state index contributed by atoms with van der Waals surface area (Å²) in [6.07, 6.45) is 0.879. The van der Waals surface area contributed by atoms with Crippen molar-refractivity contribution in [3.05, 3.63) is 29.8 Å². The second-order valence-electron chi connectivity index (χ2n) is 4.39. The fourth-order valence-corrected chi connectivity index (χ4v) is 3.67. The minimum Gasteiger partial charge on any atom is -0.465 e. The Morgan fingerprint density at radius 2 is 2.00 bits per heavy atom. The third-order valence-corrected chi connectivity index (χ3v) is 4.88. The molecule has 19 heavy (non-hydrogen) atoms. The highest BCUT2D eigenvalue weighted by molar-refractivity contribution is 7.92. The van der Waals surface area contributed by atoms with E-state index in [9.17, 15) is 13.2 Å². The van der Waals surface area contributed by atoms with Crippen molar-refractivity contribution in [3.63, 3.8) is 0 Å². The molecule has 0 N–H and O–H groups in total. The molecule has 0 aliphatic rings. The van der Waals surface area contributed by atoms with Gasteiger partial charge in [-0.1, -0.05) is 25.5 Å². The van der Waals surface area contributed by atoms with Crippen LogP contribution < -0.4 is 0 Å². The summed E-state index contributed by atoms with van der Waals surface area (Å²) in [5.74, 6) is -0.661. The minimum atomic E-state index is -3.68. The first-order valence-electron chi connectivity index (χ1n) is 6.40. The lowest BCUT2D eigenvalue weighted by Gasteiger charge is -2.16. The number of carbonyl (C=O) groups excluding carboxylic acids is 1. The number of rotatable bonds is 6. The zero-order valence-electron chi connectivity index (χ0n) is 11.5. The van der Waals surface area contributed by atoms with Gasteiger partial charge in [0.1, 0.15) is 0 Å². The molecule has 1 atom stereocenters. The average molecular weight is 284 g/mol. The smallest absolute Gasteiger partial charge is 0.324 e. The van der Waals surface area contributed by atoms with E-state index in [0.717, 1.165) is 5.56 Å². The summed E-state index contributed by atoms with van der Waals surface area (Å²) in [6, 6.07) is 6.59. The van der Waals surface area contributed by atoms with Gasteiger partial charge in [0.2, 0.25) is 0 Å². The predicted octanol–water partition coefficient (Wildman–Crippen LogP) is 2.50. The lowest BCUT2D eigenvalue weighted by molar-refractivity contribution is -0.142. The average Bonchev–Trinajstić information content (AvgIpc) is 2.36. The lowest BCUT2D eigenvalue weighted by atomic mass is 10.2. The van der Waals surface area contributed by atoms with Gasteiger partial charge in [-0.15, -0.1) is 0 Å². The Balaban J connectivity index is 3.16. The van der Waals surface area contributed by atoms with Gasteiger partial charge < -0.3 is 4.74 Å². The second kappa shape index (κ2) is 6.70. The molecule has 0 bridgehead atoms. The number of hydrogen-bond donors (Lipinski definition) is 0. The zero-order chi connectivity index (χ0) is 14.5. The number of carbonyl (C=O) groups is 1. The van der Waals surface area contributed by atoms with Crippen molar-refractivity contribution < 1.29 is 17.9 Å². The van der Waals surface area contributed by atoms with Gasteiger partial charge >= 0.3 is 5.97 Å². The van der Waals surface area contributed by atoms with E-state index < -0.39 is 21.1 Å². The molecule has 0 aliphatic carbocycles. The summed E-state index contributed by atoms with van der Waals surface area (Å²) in [6.45, 7) is 5.51. The number of aryl methyl sites for hydroxylation is 1. The summed E-state index contributed by atoms with van der Waals surface area (Å²) in [5.41, 5.74) is 0.847. The van der Waals surface area contributed by atoms with E-state index in [1.807, 2.05) is 19.9 Å². The number of sulfone groups is 1. The van der Waals surface area contributed by atoms with Crippen LogP contribution in [0.25, 0.3) is 0 Å². The van der Waals surface area contributed by atoms with Crippen LogP contribution in [-0.2, 0) is 19.4 Å². The molecule has 1 unspecified atom stereocenters. The Morgan fingerprint density at radius 3 is 2.53 bits per heavy atom. The van der Waals surface area contributed by atoms with Crippen molar-refractivity contribution in [1.29, 1.82) is 0 Å². The first-order valence-corrected chi connectivity index (χ1v) is 7.95. The molecule has 0 fully saturated rings. The van der Waals surface area contributed by atoms with Gasteiger partial charge in [-0.3, -0.25) is 4.79 Å². The van der Waals surface area contributed by atoms with E-state index in [2.05, 4.69) is 0 Å². The summed E-state index contributed by atoms with van der Waals surface area (Å²) < 4.78 is 29.9. The van der Waals surface area contributed by atoms with Gasteiger partial charge in [-0.05, 0) is 38.0 Å². The van der Waals surface area contributed by atoms with Crippen LogP contribution in [0.5, 0.6) is 0 Å². The van der Waals surface area contributed by atoms with Crippen molar-refractivity contribution in [2.75, 3.05) is 6.61 Å². The van der Waals surface area contributed by atoms with E-state index in [0.29, 0.717) is 6.42 Å². The Hall–Kier alpha value is -1.36. The van der Waals surface area contributed by atoms with E-state index in [-0.39, 0.29) is 17.9 Å². The molecule has 0 aromatic heterocycles. The normalized spacial score (nSPS) is 13.0. The van der Waals surface area contributed by atoms with Crippen molar-refractivity contribution >= 4 is 15.8 Å². The van der Waals surface area contributed by atoms with Crippen LogP contribution in [0.4, 0.5) is 0 Å². The maximum atomic E-state index is 12.5. The van der Waals surface area contributed by atoms with Crippen LogP contribution in [0.15, 0.2) is 29.2 Å². The molecular formula is C14H20O4S. The van der Waals surface area contributed by atoms with Gasteiger partial charge in [-0.25, -0.2) is 8.42 Å².